The Balaban J connectivity index is 2.72. The first-order chi connectivity index (χ1) is 8.96. The molecule has 0 spiro atoms. The maximum atomic E-state index is 12.6. The maximum absolute atomic E-state index is 12.6. The minimum Gasteiger partial charge on any atom is -0.392 e. The normalized spacial score (nSPS) is 17.0. The van der Waals surface area contributed by atoms with Gasteiger partial charge in [-0.05, 0) is 37.5 Å². The molecule has 3 nitrogen and oxygen atoms in total. The zero-order chi connectivity index (χ0) is 14.5. The van der Waals surface area contributed by atoms with Crippen molar-refractivity contribution in [1.82, 2.24) is 5.32 Å². The third-order valence-corrected chi connectivity index (χ3v) is 4.98. The molecule has 19 heavy (non-hydrogen) atoms. The third kappa shape index (κ3) is 3.68. The van der Waals surface area contributed by atoms with Crippen molar-refractivity contribution in [3.8, 4) is 0 Å². The average molecular weight is 284 g/mol. The molecule has 0 bridgehead atoms. The van der Waals surface area contributed by atoms with Gasteiger partial charge in [-0.2, -0.15) is 0 Å². The highest BCUT2D eigenvalue weighted by molar-refractivity contribution is 7.80. The van der Waals surface area contributed by atoms with Gasteiger partial charge in [0.05, 0.1) is 10.4 Å². The van der Waals surface area contributed by atoms with Crippen molar-refractivity contribution < 1.29 is 4.79 Å². The lowest BCUT2D eigenvalue weighted by Crippen LogP contribution is -2.50. The Bertz CT molecular complexity index is 331. The SMILES string of the molecule is CCCC(CCC)(C(=O)NCC1(CC)CC1)C(N)=S. The van der Waals surface area contributed by atoms with Crippen LogP contribution in [0.1, 0.15) is 65.7 Å². The molecule has 0 heterocycles. The molecule has 1 saturated carbocycles. The Hall–Kier alpha value is -0.640. The predicted molar refractivity (Wildman–Crippen MR) is 84.0 cm³/mol. The summed E-state index contributed by atoms with van der Waals surface area (Å²) in [6.45, 7) is 7.12. The van der Waals surface area contributed by atoms with Crippen LogP contribution in [-0.4, -0.2) is 17.4 Å². The molecule has 0 radical (unpaired) electrons. The van der Waals surface area contributed by atoms with E-state index >= 15 is 0 Å². The van der Waals surface area contributed by atoms with Gasteiger partial charge in [0.25, 0.3) is 0 Å². The van der Waals surface area contributed by atoms with E-state index in [4.69, 9.17) is 18.0 Å². The van der Waals surface area contributed by atoms with E-state index in [0.29, 0.717) is 10.4 Å². The van der Waals surface area contributed by atoms with Crippen LogP contribution in [-0.2, 0) is 4.79 Å². The number of carbonyl (C=O) groups is 1. The van der Waals surface area contributed by atoms with Gasteiger partial charge in [-0.1, -0.05) is 45.8 Å². The maximum Gasteiger partial charge on any atom is 0.233 e. The van der Waals surface area contributed by atoms with E-state index in [0.717, 1.165) is 38.6 Å². The molecule has 1 fully saturated rings. The number of carbonyl (C=O) groups excluding carboxylic acids is 1. The third-order valence-electron chi connectivity index (χ3n) is 4.59. The van der Waals surface area contributed by atoms with Crippen LogP contribution in [0.15, 0.2) is 0 Å². The van der Waals surface area contributed by atoms with Crippen LogP contribution in [0.25, 0.3) is 0 Å². The van der Waals surface area contributed by atoms with Crippen LogP contribution in [0.5, 0.6) is 0 Å². The molecule has 110 valence electrons. The molecule has 1 amide bonds. The molecule has 0 aromatic rings. The van der Waals surface area contributed by atoms with Crippen LogP contribution in [0, 0.1) is 10.8 Å². The van der Waals surface area contributed by atoms with Crippen molar-refractivity contribution in [2.24, 2.45) is 16.6 Å². The second kappa shape index (κ2) is 6.69. The quantitative estimate of drug-likeness (QED) is 0.639. The van der Waals surface area contributed by atoms with Gasteiger partial charge >= 0.3 is 0 Å². The number of nitrogens with two attached hydrogens (primary N) is 1. The van der Waals surface area contributed by atoms with E-state index in [1.165, 1.54) is 12.8 Å². The van der Waals surface area contributed by atoms with Crippen LogP contribution in [0.4, 0.5) is 0 Å². The molecule has 0 aromatic heterocycles. The lowest BCUT2D eigenvalue weighted by molar-refractivity contribution is -0.128. The van der Waals surface area contributed by atoms with Crippen molar-refractivity contribution in [3.63, 3.8) is 0 Å². The fourth-order valence-electron chi connectivity index (χ4n) is 2.83. The van der Waals surface area contributed by atoms with Crippen molar-refractivity contribution >= 4 is 23.1 Å². The number of thiocarbonyl (C=S) groups is 1. The first kappa shape index (κ1) is 16.4. The molecule has 1 aliphatic rings. The monoisotopic (exact) mass is 284 g/mol. The Morgan fingerprint density at radius 3 is 2.11 bits per heavy atom. The second-order valence-electron chi connectivity index (χ2n) is 5.98. The van der Waals surface area contributed by atoms with Crippen molar-refractivity contribution in [2.75, 3.05) is 6.54 Å². The molecule has 1 aliphatic carbocycles. The predicted octanol–water partition coefficient (Wildman–Crippen LogP) is 3.17. The summed E-state index contributed by atoms with van der Waals surface area (Å²) in [5.74, 6) is 0.0448. The van der Waals surface area contributed by atoms with Crippen molar-refractivity contribution in [1.29, 1.82) is 0 Å². The Morgan fingerprint density at radius 2 is 1.79 bits per heavy atom. The summed E-state index contributed by atoms with van der Waals surface area (Å²) in [6.07, 6.45) is 6.93. The van der Waals surface area contributed by atoms with E-state index in [9.17, 15) is 4.79 Å². The van der Waals surface area contributed by atoms with Gasteiger partial charge in [0, 0.05) is 6.54 Å². The van der Waals surface area contributed by atoms with E-state index in [1.54, 1.807) is 0 Å². The summed E-state index contributed by atoms with van der Waals surface area (Å²) in [4.78, 5) is 13.0. The highest BCUT2D eigenvalue weighted by atomic mass is 32.1. The second-order valence-corrected chi connectivity index (χ2v) is 6.42. The van der Waals surface area contributed by atoms with Gasteiger partial charge in [0.15, 0.2) is 0 Å². The molecular formula is C15H28N2OS. The summed E-state index contributed by atoms with van der Waals surface area (Å²) < 4.78 is 0. The van der Waals surface area contributed by atoms with E-state index in [2.05, 4.69) is 26.1 Å². The fourth-order valence-corrected chi connectivity index (χ4v) is 3.13. The molecule has 0 aliphatic heterocycles. The van der Waals surface area contributed by atoms with Crippen molar-refractivity contribution in [2.45, 2.75) is 65.7 Å². The molecule has 4 heteroatoms. The van der Waals surface area contributed by atoms with Crippen LogP contribution < -0.4 is 11.1 Å². The number of hydrogen-bond donors (Lipinski definition) is 2. The molecule has 0 aromatic carbocycles. The standard InChI is InChI=1S/C15H28N2OS/c1-4-7-15(8-5-2,12(16)19)13(18)17-11-14(6-3)9-10-14/h4-11H2,1-3H3,(H2,16,19)(H,17,18). The van der Waals surface area contributed by atoms with Gasteiger partial charge in [0.1, 0.15) is 0 Å². The number of amides is 1. The lowest BCUT2D eigenvalue weighted by atomic mass is 9.78. The minimum absolute atomic E-state index is 0.0448. The van der Waals surface area contributed by atoms with Crippen molar-refractivity contribution in [3.05, 3.63) is 0 Å². The Kier molecular flexibility index (Phi) is 5.78. The smallest absolute Gasteiger partial charge is 0.233 e. The average Bonchev–Trinajstić information content (AvgIpc) is 3.16. The lowest BCUT2D eigenvalue weighted by Gasteiger charge is -2.31. The first-order valence-corrected chi connectivity index (χ1v) is 7.95. The van der Waals surface area contributed by atoms with E-state index in [1.807, 2.05) is 0 Å². The first-order valence-electron chi connectivity index (χ1n) is 7.54. The largest absolute Gasteiger partial charge is 0.392 e. The summed E-state index contributed by atoms with van der Waals surface area (Å²) in [7, 11) is 0. The Morgan fingerprint density at radius 1 is 1.26 bits per heavy atom. The van der Waals surface area contributed by atoms with Gasteiger partial charge in [-0.15, -0.1) is 0 Å². The molecule has 0 atom stereocenters. The topological polar surface area (TPSA) is 55.1 Å². The highest BCUT2D eigenvalue weighted by Gasteiger charge is 2.44. The van der Waals surface area contributed by atoms with Gasteiger partial charge in [-0.3, -0.25) is 4.79 Å². The van der Waals surface area contributed by atoms with Gasteiger partial charge in [0.2, 0.25) is 5.91 Å². The highest BCUT2D eigenvalue weighted by Crippen LogP contribution is 2.48. The minimum atomic E-state index is -0.636. The van der Waals surface area contributed by atoms with Crippen LogP contribution in [0.2, 0.25) is 0 Å². The number of nitrogens with one attached hydrogen (secondary N) is 1. The molecule has 3 N–H and O–H groups in total. The molecule has 0 saturated heterocycles. The zero-order valence-corrected chi connectivity index (χ0v) is 13.4. The number of hydrogen-bond acceptors (Lipinski definition) is 2. The van der Waals surface area contributed by atoms with E-state index < -0.39 is 5.41 Å². The fraction of sp³-hybridized carbons (Fsp3) is 0.867. The number of rotatable bonds is 9. The summed E-state index contributed by atoms with van der Waals surface area (Å²) in [5.41, 5.74) is 5.62. The summed E-state index contributed by atoms with van der Waals surface area (Å²) >= 11 is 5.20. The van der Waals surface area contributed by atoms with Gasteiger partial charge < -0.3 is 11.1 Å². The van der Waals surface area contributed by atoms with E-state index in [-0.39, 0.29) is 5.91 Å². The van der Waals surface area contributed by atoms with Crippen LogP contribution in [0.3, 0.4) is 0 Å². The molecule has 1 rings (SSSR count). The molecule has 0 unspecified atom stereocenters. The Labute approximate surface area is 122 Å². The van der Waals surface area contributed by atoms with Crippen LogP contribution >= 0.6 is 12.2 Å². The molecular weight excluding hydrogens is 256 g/mol. The van der Waals surface area contributed by atoms with Gasteiger partial charge in [-0.25, -0.2) is 0 Å². The zero-order valence-electron chi connectivity index (χ0n) is 12.6. The summed E-state index contributed by atoms with van der Waals surface area (Å²) in [6, 6.07) is 0. The summed E-state index contributed by atoms with van der Waals surface area (Å²) in [5, 5.41) is 3.12.